The number of amides is 3. The summed E-state index contributed by atoms with van der Waals surface area (Å²) in [7, 11) is -5.51. The Bertz CT molecular complexity index is 3100. The number of aliphatic hydroxyl groups excluding tert-OH is 1. The minimum absolute atomic E-state index is 0.0169. The SMILES string of the molecule is COc1ccc(CN(Cc2ccc(OC)cc2)S(=O)(=O)c2c(S(=O)(=O)NCCNC(=O)OC(C)(C)C)ccc(-c3cccc(C(=O)NCC(CO)NC(=O)O)c3N)c2-c2nnn(Cc3ccc(OC)cc3)n2)cc1. The second-order valence-corrected chi connectivity index (χ2v) is 21.0. The average molecular weight is 1060 g/mol. The van der Waals surface area contributed by atoms with Crippen LogP contribution >= 0.6 is 0 Å². The molecule has 6 aromatic rings. The zero-order valence-corrected chi connectivity index (χ0v) is 43.0. The van der Waals surface area contributed by atoms with E-state index in [0.717, 1.165) is 10.4 Å². The maximum Gasteiger partial charge on any atom is 0.407 e. The van der Waals surface area contributed by atoms with Gasteiger partial charge in [-0.1, -0.05) is 54.6 Å². The van der Waals surface area contributed by atoms with Crippen LogP contribution in [0.5, 0.6) is 17.2 Å². The number of nitrogens with zero attached hydrogens (tertiary/aromatic N) is 5. The van der Waals surface area contributed by atoms with Gasteiger partial charge in [-0.25, -0.2) is 31.1 Å². The van der Waals surface area contributed by atoms with Crippen molar-refractivity contribution in [2.75, 3.05) is 53.3 Å². The Morgan fingerprint density at radius 1 is 0.757 bits per heavy atom. The number of tetrazole rings is 1. The molecule has 8 N–H and O–H groups in total. The third-order valence-corrected chi connectivity index (χ3v) is 14.5. The molecule has 1 heterocycles. The maximum absolute atomic E-state index is 16.1. The number of nitrogen functional groups attached to an aromatic ring is 1. The number of para-hydroxylation sites is 1. The van der Waals surface area contributed by atoms with Gasteiger partial charge in [0.15, 0.2) is 0 Å². The number of carbonyl (C=O) groups is 3. The number of hydrogen-bond acceptors (Lipinski definition) is 16. The zero-order chi connectivity index (χ0) is 53.8. The number of anilines is 1. The molecule has 0 saturated heterocycles. The van der Waals surface area contributed by atoms with Gasteiger partial charge in [-0.2, -0.15) is 9.10 Å². The molecule has 5 aromatic carbocycles. The number of benzene rings is 5. The minimum atomic E-state index is -5.11. The smallest absolute Gasteiger partial charge is 0.407 e. The molecule has 0 bridgehead atoms. The number of aromatic nitrogens is 4. The number of aliphatic hydroxyl groups is 1. The lowest BCUT2D eigenvalue weighted by Gasteiger charge is -2.26. The van der Waals surface area contributed by atoms with Crippen LogP contribution in [0.25, 0.3) is 22.5 Å². The van der Waals surface area contributed by atoms with Crippen LogP contribution in [-0.2, 0) is 44.4 Å². The van der Waals surface area contributed by atoms with Gasteiger partial charge in [0.2, 0.25) is 25.9 Å². The van der Waals surface area contributed by atoms with Crippen LogP contribution in [0.3, 0.4) is 0 Å². The number of carbonyl (C=O) groups excluding carboxylic acids is 2. The Kier molecular flexibility index (Phi) is 18.2. The normalized spacial score (nSPS) is 12.2. The van der Waals surface area contributed by atoms with Crippen LogP contribution in [-0.4, -0.2) is 129 Å². The second-order valence-electron chi connectivity index (χ2n) is 17.4. The van der Waals surface area contributed by atoms with Crippen molar-refractivity contribution < 1.29 is 60.4 Å². The lowest BCUT2D eigenvalue weighted by Crippen LogP contribution is -2.45. The summed E-state index contributed by atoms with van der Waals surface area (Å²) in [5.74, 6) is 0.429. The van der Waals surface area contributed by atoms with Crippen LogP contribution < -0.4 is 40.6 Å². The summed E-state index contributed by atoms with van der Waals surface area (Å²) in [6.45, 7) is 2.71. The lowest BCUT2D eigenvalue weighted by atomic mass is 9.95. The molecule has 0 saturated carbocycles. The van der Waals surface area contributed by atoms with E-state index in [0.29, 0.717) is 33.9 Å². The quantitative estimate of drug-likeness (QED) is 0.0349. The molecule has 1 atom stereocenters. The molecule has 0 aliphatic carbocycles. The Hall–Kier alpha value is -7.84. The van der Waals surface area contributed by atoms with Crippen LogP contribution in [0.15, 0.2) is 113 Å². The molecule has 0 fully saturated rings. The standard InChI is InChI=1S/C49H58N10O13S2/c1-49(2,3)72-48(64)51-24-25-53-73(65,66)41-23-22-38(39-8-7-9-40(43(39)50)46(61)52-26-34(30-60)54-47(62)63)42(45-55-57-59(56-45)29-33-14-20-37(71-6)21-15-33)44(41)74(67,68)58(27-31-10-16-35(69-4)17-11-31)28-32-12-18-36(70-5)19-13-32/h7-23,34,53-54,60H,24-30,50H2,1-6H3,(H,51,64)(H,52,61)(H,62,63). The van der Waals surface area contributed by atoms with Crippen LogP contribution in [0.4, 0.5) is 15.3 Å². The lowest BCUT2D eigenvalue weighted by molar-refractivity contribution is 0.0528. The van der Waals surface area contributed by atoms with Crippen molar-refractivity contribution >= 4 is 43.8 Å². The number of rotatable bonds is 23. The molecule has 25 heteroatoms. The van der Waals surface area contributed by atoms with Gasteiger partial charge in [-0.3, -0.25) is 4.79 Å². The number of ether oxygens (including phenoxy) is 4. The monoisotopic (exact) mass is 1060 g/mol. The highest BCUT2D eigenvalue weighted by atomic mass is 32.2. The van der Waals surface area contributed by atoms with Gasteiger partial charge in [0, 0.05) is 38.3 Å². The first-order valence-electron chi connectivity index (χ1n) is 22.7. The van der Waals surface area contributed by atoms with Crippen molar-refractivity contribution in [2.45, 2.75) is 61.8 Å². The van der Waals surface area contributed by atoms with E-state index in [1.807, 2.05) is 0 Å². The number of hydrogen-bond donors (Lipinski definition) is 7. The predicted molar refractivity (Wildman–Crippen MR) is 271 cm³/mol. The van der Waals surface area contributed by atoms with Gasteiger partial charge >= 0.3 is 12.2 Å². The summed E-state index contributed by atoms with van der Waals surface area (Å²) in [4.78, 5) is 37.2. The summed E-state index contributed by atoms with van der Waals surface area (Å²) in [6.07, 6.45) is -2.25. The Morgan fingerprint density at radius 2 is 1.32 bits per heavy atom. The summed E-state index contributed by atoms with van der Waals surface area (Å²) >= 11 is 0. The topological polar surface area (TPSA) is 318 Å². The fraction of sp³-hybridized carbons (Fsp3) is 0.306. The first kappa shape index (κ1) is 55.5. The fourth-order valence-electron chi connectivity index (χ4n) is 7.39. The molecule has 6 rings (SSSR count). The molecule has 1 aromatic heterocycles. The minimum Gasteiger partial charge on any atom is -0.497 e. The van der Waals surface area contributed by atoms with Crippen LogP contribution in [0.1, 0.15) is 47.8 Å². The maximum atomic E-state index is 16.1. The molecular weight excluding hydrogens is 1000 g/mol. The number of methoxy groups -OCH3 is 3. The van der Waals surface area contributed by atoms with Gasteiger partial charge in [-0.15, -0.1) is 10.2 Å². The van der Waals surface area contributed by atoms with Gasteiger partial charge in [0.05, 0.1) is 57.3 Å². The molecule has 74 heavy (non-hydrogen) atoms. The Labute approximate surface area is 428 Å². The number of nitrogens with two attached hydrogens (primary N) is 1. The van der Waals surface area contributed by atoms with Crippen molar-refractivity contribution in [1.29, 1.82) is 0 Å². The Morgan fingerprint density at radius 3 is 1.85 bits per heavy atom. The van der Waals surface area contributed by atoms with E-state index in [2.05, 4.69) is 36.1 Å². The van der Waals surface area contributed by atoms with E-state index in [1.165, 1.54) is 50.4 Å². The van der Waals surface area contributed by atoms with Gasteiger partial charge in [-0.05, 0) is 96.8 Å². The predicted octanol–water partition coefficient (Wildman–Crippen LogP) is 4.22. The summed E-state index contributed by atoms with van der Waals surface area (Å²) in [6, 6.07) is 25.8. The highest BCUT2D eigenvalue weighted by molar-refractivity contribution is 7.92. The average Bonchev–Trinajstić information content (AvgIpc) is 3.83. The van der Waals surface area contributed by atoms with E-state index in [1.54, 1.807) is 93.6 Å². The molecule has 0 spiro atoms. The van der Waals surface area contributed by atoms with Crippen LogP contribution in [0, 0.1) is 0 Å². The van der Waals surface area contributed by atoms with Gasteiger partial charge < -0.3 is 50.8 Å². The third kappa shape index (κ3) is 14.2. The molecule has 394 valence electrons. The summed E-state index contributed by atoms with van der Waals surface area (Å²) in [5, 5.41) is 39.3. The molecule has 3 amide bonds. The second kappa shape index (κ2) is 24.3. The largest absolute Gasteiger partial charge is 0.497 e. The molecule has 1 unspecified atom stereocenters. The van der Waals surface area contributed by atoms with Crippen molar-refractivity contribution in [1.82, 2.24) is 45.2 Å². The number of nitrogens with one attached hydrogen (secondary N) is 4. The number of carboxylic acid groups (broad SMARTS) is 1. The van der Waals surface area contributed by atoms with Gasteiger partial charge in [0.1, 0.15) is 32.6 Å². The van der Waals surface area contributed by atoms with Crippen molar-refractivity contribution in [2.24, 2.45) is 0 Å². The Balaban J connectivity index is 1.61. The van der Waals surface area contributed by atoms with E-state index in [-0.39, 0.29) is 66.5 Å². The molecule has 23 nitrogen and oxygen atoms in total. The zero-order valence-electron chi connectivity index (χ0n) is 41.4. The van der Waals surface area contributed by atoms with E-state index < -0.39 is 72.7 Å². The highest BCUT2D eigenvalue weighted by Gasteiger charge is 2.38. The molecule has 0 radical (unpaired) electrons. The van der Waals surface area contributed by atoms with E-state index in [4.69, 9.17) is 24.7 Å². The first-order chi connectivity index (χ1) is 35.2. The van der Waals surface area contributed by atoms with Crippen molar-refractivity contribution in [3.8, 4) is 39.8 Å². The van der Waals surface area contributed by atoms with Crippen molar-refractivity contribution in [3.63, 3.8) is 0 Å². The van der Waals surface area contributed by atoms with Crippen molar-refractivity contribution in [3.05, 3.63) is 125 Å². The van der Waals surface area contributed by atoms with E-state index >= 15 is 8.42 Å². The fourth-order valence-corrected chi connectivity index (χ4v) is 10.8. The molecule has 0 aliphatic rings. The summed E-state index contributed by atoms with van der Waals surface area (Å²) in [5.41, 5.74) is 6.90. The van der Waals surface area contributed by atoms with Crippen LogP contribution in [0.2, 0.25) is 0 Å². The summed E-state index contributed by atoms with van der Waals surface area (Å²) < 4.78 is 86.7. The number of sulfonamides is 2. The van der Waals surface area contributed by atoms with E-state index in [9.17, 15) is 33.0 Å². The highest BCUT2D eigenvalue weighted by Crippen LogP contribution is 2.43. The van der Waals surface area contributed by atoms with Gasteiger partial charge in [0.25, 0.3) is 5.91 Å². The molecular formula is C49H58N10O13S2. The number of alkyl carbamates (subject to hydrolysis) is 1. The molecule has 0 aliphatic heterocycles. The third-order valence-electron chi connectivity index (χ3n) is 11.0. The first-order valence-corrected chi connectivity index (χ1v) is 25.7.